The van der Waals surface area contributed by atoms with Crippen molar-refractivity contribution in [2.75, 3.05) is 25.5 Å². The summed E-state index contributed by atoms with van der Waals surface area (Å²) in [5.74, 6) is -7.91. The van der Waals surface area contributed by atoms with Crippen LogP contribution >= 0.6 is 0 Å². The van der Waals surface area contributed by atoms with Crippen LogP contribution in [0.3, 0.4) is 0 Å². The van der Waals surface area contributed by atoms with Gasteiger partial charge in [-0.3, -0.25) is 19.3 Å². The second-order valence-corrected chi connectivity index (χ2v) is 15.1. The molecule has 1 amide bonds. The van der Waals surface area contributed by atoms with Crippen molar-refractivity contribution in [1.29, 1.82) is 0 Å². The summed E-state index contributed by atoms with van der Waals surface area (Å²) in [6.45, 7) is 17.6. The van der Waals surface area contributed by atoms with Crippen molar-refractivity contribution < 1.29 is 58.9 Å². The monoisotopic (exact) mass is 782 g/mol. The van der Waals surface area contributed by atoms with Gasteiger partial charge in [0.2, 0.25) is 0 Å². The van der Waals surface area contributed by atoms with Crippen molar-refractivity contribution in [2.45, 2.75) is 106 Å². The molecular weight excluding hydrogens is 724 g/mol. The Balaban J connectivity index is 1.98. The summed E-state index contributed by atoms with van der Waals surface area (Å²) in [5, 5.41) is 60.5. The zero-order valence-electron chi connectivity index (χ0n) is 34.2. The van der Waals surface area contributed by atoms with Gasteiger partial charge in [0.05, 0.1) is 41.2 Å². The van der Waals surface area contributed by atoms with Crippen LogP contribution in [0.2, 0.25) is 0 Å². The maximum Gasteiger partial charge on any atom is 0.312 e. The van der Waals surface area contributed by atoms with Gasteiger partial charge in [-0.05, 0) is 33.0 Å². The van der Waals surface area contributed by atoms with Crippen molar-refractivity contribution in [3.63, 3.8) is 0 Å². The van der Waals surface area contributed by atoms with Gasteiger partial charge >= 0.3 is 11.8 Å². The molecule has 0 aliphatic carbocycles. The second kappa shape index (κ2) is 17.7. The van der Waals surface area contributed by atoms with E-state index in [4.69, 9.17) is 18.9 Å². The van der Waals surface area contributed by atoms with Gasteiger partial charge in [-0.2, -0.15) is 0 Å². The Labute approximate surface area is 328 Å². The molecular formula is C42H58N2O12. The lowest BCUT2D eigenvalue weighted by atomic mass is 9.78. The average Bonchev–Trinajstić information content (AvgIpc) is 3.43. The summed E-state index contributed by atoms with van der Waals surface area (Å²) >= 11 is 0. The molecule has 0 saturated carbocycles. The predicted octanol–water partition coefficient (Wildman–Crippen LogP) is 5.60. The number of phenolic OH excluding ortho intramolecular Hbond substituents is 3. The highest BCUT2D eigenvalue weighted by Gasteiger charge is 2.50. The largest absolute Gasteiger partial charge is 0.507 e. The van der Waals surface area contributed by atoms with E-state index in [1.165, 1.54) is 46.3 Å². The molecule has 2 aromatic rings. The van der Waals surface area contributed by atoms with Gasteiger partial charge in [-0.25, -0.2) is 0 Å². The third-order valence-electron chi connectivity index (χ3n) is 11.4. The zero-order valence-corrected chi connectivity index (χ0v) is 34.2. The molecule has 6 N–H and O–H groups in total. The molecule has 2 aromatic carbocycles. The molecule has 308 valence electrons. The SMILES string of the molecule is CCN(CC)Cc1c2c(O)c3c(O)c(C)c4c(c3c1O)C(=O)[C@@](C)(OC=C[C@H](OC)[C@H](C)[C@H](OC(C)=O)[C@H](C)[C@H](O)[C@H](C)[C@@H](O)[C@H](C)C=CC=C(C)C(=O)N2)O4. The molecule has 0 unspecified atom stereocenters. The molecule has 14 heteroatoms. The average molecular weight is 783 g/mol. The van der Waals surface area contributed by atoms with Crippen LogP contribution in [-0.2, 0) is 30.3 Å². The number of benzene rings is 2. The number of aromatic hydroxyl groups is 3. The van der Waals surface area contributed by atoms with Crippen LogP contribution in [0.25, 0.3) is 10.8 Å². The fraction of sp³-hybridized carbons (Fsp3) is 0.548. The number of fused-ring (bicyclic) bond motifs is 14. The van der Waals surface area contributed by atoms with Gasteiger partial charge in [0, 0.05) is 73.3 Å². The van der Waals surface area contributed by atoms with Crippen molar-refractivity contribution in [2.24, 2.45) is 23.7 Å². The first-order valence-corrected chi connectivity index (χ1v) is 19.0. The van der Waals surface area contributed by atoms with Crippen LogP contribution in [0.15, 0.2) is 36.1 Å². The van der Waals surface area contributed by atoms with Gasteiger partial charge < -0.3 is 49.8 Å². The summed E-state index contributed by atoms with van der Waals surface area (Å²) in [7, 11) is 1.44. The van der Waals surface area contributed by atoms with Crippen LogP contribution in [0, 0.1) is 30.6 Å². The number of rotatable bonds is 6. The first-order valence-electron chi connectivity index (χ1n) is 19.0. The standard InChI is InChI=1S/C42H58N2O12/c1-12-44(13-2)19-27-32-37(50)30-29(36(27)49)31-39(25(8)35(30)48)56-42(10,40(31)51)54-18-17-28(53-11)22(5)38(55-26(9)45)24(7)34(47)23(6)33(46)20(3)15-14-16-21(4)41(52)43-32/h14-18,20,22-24,28,33-34,38,46-50H,12-13,19H2,1-11H3,(H,43,52)/t20-,22+,23-,24-,28+,33+,34-,38+,42+/m1/s1. The highest BCUT2D eigenvalue weighted by Crippen LogP contribution is 2.55. The van der Waals surface area contributed by atoms with E-state index in [0.29, 0.717) is 13.1 Å². The summed E-state index contributed by atoms with van der Waals surface area (Å²) < 4.78 is 23.6. The second-order valence-electron chi connectivity index (χ2n) is 15.1. The topological polar surface area (TPSA) is 205 Å². The minimum Gasteiger partial charge on any atom is -0.507 e. The molecule has 5 bridgehead atoms. The molecule has 0 fully saturated rings. The van der Waals surface area contributed by atoms with E-state index in [-0.39, 0.29) is 51.0 Å². The van der Waals surface area contributed by atoms with E-state index in [0.717, 1.165) is 0 Å². The number of aliphatic hydroxyl groups is 2. The summed E-state index contributed by atoms with van der Waals surface area (Å²) in [6.07, 6.45) is 3.69. The Morgan fingerprint density at radius 2 is 1.57 bits per heavy atom. The molecule has 0 saturated heterocycles. The van der Waals surface area contributed by atoms with Crippen molar-refractivity contribution in [3.8, 4) is 23.0 Å². The van der Waals surface area contributed by atoms with E-state index in [9.17, 15) is 39.9 Å². The Kier molecular flexibility index (Phi) is 13.9. The van der Waals surface area contributed by atoms with Crippen LogP contribution < -0.4 is 10.1 Å². The highest BCUT2D eigenvalue weighted by atomic mass is 16.7. The van der Waals surface area contributed by atoms with Crippen molar-refractivity contribution in [1.82, 2.24) is 4.90 Å². The number of anilines is 1. The lowest BCUT2D eigenvalue weighted by molar-refractivity contribution is -0.160. The molecule has 0 spiro atoms. The summed E-state index contributed by atoms with van der Waals surface area (Å²) in [4.78, 5) is 42.3. The van der Waals surface area contributed by atoms with E-state index in [2.05, 4.69) is 5.32 Å². The number of carbonyl (C=O) groups excluding carboxylic acids is 3. The molecule has 14 nitrogen and oxygen atoms in total. The number of amides is 1. The number of Topliss-reactive ketones (excluding diaryl/α,β-unsaturated/α-hetero) is 1. The van der Waals surface area contributed by atoms with Crippen LogP contribution in [-0.4, -0.2) is 98.5 Å². The fourth-order valence-electron chi connectivity index (χ4n) is 7.61. The number of methoxy groups -OCH3 is 1. The van der Waals surface area contributed by atoms with Gasteiger partial charge in [0.15, 0.2) is 5.75 Å². The quantitative estimate of drug-likeness (QED) is 0.120. The lowest BCUT2D eigenvalue weighted by Crippen LogP contribution is -2.46. The Hall–Kier alpha value is -4.63. The molecule has 0 radical (unpaired) electrons. The number of nitrogens with one attached hydrogen (secondary N) is 1. The maximum atomic E-state index is 14.4. The zero-order chi connectivity index (χ0) is 42.0. The Morgan fingerprint density at radius 1 is 0.929 bits per heavy atom. The molecule has 3 heterocycles. The maximum absolute atomic E-state index is 14.4. The van der Waals surface area contributed by atoms with E-state index >= 15 is 0 Å². The molecule has 9 atom stereocenters. The van der Waals surface area contributed by atoms with E-state index in [1.54, 1.807) is 46.8 Å². The number of aliphatic hydroxyl groups excluding tert-OH is 2. The fourth-order valence-corrected chi connectivity index (χ4v) is 7.61. The first kappa shape index (κ1) is 44.1. The van der Waals surface area contributed by atoms with E-state index in [1.807, 2.05) is 18.7 Å². The summed E-state index contributed by atoms with van der Waals surface area (Å²) in [5.41, 5.74) is 0.117. The number of hydrogen-bond acceptors (Lipinski definition) is 13. The van der Waals surface area contributed by atoms with Gasteiger partial charge in [0.1, 0.15) is 23.4 Å². The number of nitrogens with zero attached hydrogens (tertiary/aromatic N) is 1. The van der Waals surface area contributed by atoms with Crippen LogP contribution in [0.1, 0.15) is 83.8 Å². The molecule has 0 aromatic heterocycles. The number of carbonyl (C=O) groups is 3. The van der Waals surface area contributed by atoms with Crippen LogP contribution in [0.5, 0.6) is 23.0 Å². The number of ketones is 1. The lowest BCUT2D eigenvalue weighted by Gasteiger charge is -2.38. The summed E-state index contributed by atoms with van der Waals surface area (Å²) in [6, 6.07) is 0. The Bertz CT molecular complexity index is 1920. The van der Waals surface area contributed by atoms with Crippen LogP contribution in [0.4, 0.5) is 5.69 Å². The first-order chi connectivity index (χ1) is 26.3. The van der Waals surface area contributed by atoms with Crippen molar-refractivity contribution >= 4 is 34.1 Å². The molecule has 3 aliphatic rings. The molecule has 5 rings (SSSR count). The molecule has 3 aliphatic heterocycles. The van der Waals surface area contributed by atoms with Gasteiger partial charge in [0.25, 0.3) is 11.7 Å². The third kappa shape index (κ3) is 8.38. The number of hydrogen-bond donors (Lipinski definition) is 6. The van der Waals surface area contributed by atoms with Gasteiger partial charge in [-0.15, -0.1) is 0 Å². The van der Waals surface area contributed by atoms with Gasteiger partial charge in [-0.1, -0.05) is 59.8 Å². The number of allylic oxidation sites excluding steroid dienone is 2. The smallest absolute Gasteiger partial charge is 0.312 e. The third-order valence-corrected chi connectivity index (χ3v) is 11.4. The predicted molar refractivity (Wildman–Crippen MR) is 210 cm³/mol. The Morgan fingerprint density at radius 3 is 2.16 bits per heavy atom. The minimum absolute atomic E-state index is 0.0541. The molecule has 56 heavy (non-hydrogen) atoms. The number of ether oxygens (including phenoxy) is 4. The van der Waals surface area contributed by atoms with E-state index < -0.39 is 88.8 Å². The minimum atomic E-state index is -2.01. The normalized spacial score (nSPS) is 29.0. The number of phenols is 3. The highest BCUT2D eigenvalue weighted by molar-refractivity contribution is 6.22. The number of esters is 1. The van der Waals surface area contributed by atoms with Crippen molar-refractivity contribution in [3.05, 3.63) is 52.8 Å².